The van der Waals surface area contributed by atoms with Gasteiger partial charge >= 0.3 is 0 Å². The van der Waals surface area contributed by atoms with Crippen LogP contribution in [-0.4, -0.2) is 39.9 Å². The maximum Gasteiger partial charge on any atom is 0.128 e. The average Bonchev–Trinajstić information content (AvgIpc) is 3.32. The van der Waals surface area contributed by atoms with Crippen molar-refractivity contribution < 1.29 is 9.84 Å². The molecule has 1 atom stereocenters. The minimum atomic E-state index is -0.587. The quantitative estimate of drug-likeness (QED) is 0.345. The minimum Gasteiger partial charge on any atom is -0.490 e. The molecule has 0 saturated heterocycles. The van der Waals surface area contributed by atoms with Gasteiger partial charge in [0, 0.05) is 46.3 Å². The van der Waals surface area contributed by atoms with E-state index >= 15 is 0 Å². The normalized spacial score (nSPS) is 12.8. The van der Waals surface area contributed by atoms with E-state index < -0.39 is 6.10 Å². The fourth-order valence-electron chi connectivity index (χ4n) is 3.64. The Bertz CT molecular complexity index is 1070. The third-order valence-electron chi connectivity index (χ3n) is 5.11. The zero-order valence-corrected chi connectivity index (χ0v) is 17.6. The number of hydrogen-bond acceptors (Lipinski definition) is 3. The number of hydrogen-bond donors (Lipinski definition) is 4. The van der Waals surface area contributed by atoms with Crippen molar-refractivity contribution in [3.63, 3.8) is 0 Å². The summed E-state index contributed by atoms with van der Waals surface area (Å²) < 4.78 is 5.85. The molecule has 6 heteroatoms. The molecule has 0 spiro atoms. The Morgan fingerprint density at radius 3 is 2.62 bits per heavy atom. The van der Waals surface area contributed by atoms with Crippen LogP contribution in [0.5, 0.6) is 5.75 Å². The Labute approximate surface area is 176 Å². The summed E-state index contributed by atoms with van der Waals surface area (Å²) in [4.78, 5) is 6.50. The molecule has 29 heavy (non-hydrogen) atoms. The van der Waals surface area contributed by atoms with Crippen molar-refractivity contribution in [3.8, 4) is 5.75 Å². The molecule has 0 bridgehead atoms. The average molecular weight is 414 g/mol. The van der Waals surface area contributed by atoms with Gasteiger partial charge < -0.3 is 25.1 Å². The van der Waals surface area contributed by atoms with E-state index in [0.29, 0.717) is 6.54 Å². The first-order chi connectivity index (χ1) is 13.5. The molecule has 4 rings (SSSR count). The number of aromatic amines is 2. The monoisotopic (exact) mass is 413 g/mol. The lowest BCUT2D eigenvalue weighted by Gasteiger charge is -2.28. The van der Waals surface area contributed by atoms with Crippen molar-refractivity contribution in [2.45, 2.75) is 31.9 Å². The van der Waals surface area contributed by atoms with Crippen LogP contribution in [0.1, 0.15) is 19.4 Å². The summed E-state index contributed by atoms with van der Waals surface area (Å²) in [6.07, 6.45) is 4.25. The molecule has 4 N–H and O–H groups in total. The van der Waals surface area contributed by atoms with Gasteiger partial charge in [0.05, 0.1) is 0 Å². The lowest BCUT2D eigenvalue weighted by atomic mass is 9.94. The molecule has 5 nitrogen and oxygen atoms in total. The van der Waals surface area contributed by atoms with E-state index in [-0.39, 0.29) is 24.6 Å². The number of aliphatic hydroxyl groups excluding tert-OH is 1. The van der Waals surface area contributed by atoms with Crippen molar-refractivity contribution in [1.82, 2.24) is 15.3 Å². The summed E-state index contributed by atoms with van der Waals surface area (Å²) in [5, 5.41) is 16.2. The molecule has 4 aromatic rings. The fourth-order valence-corrected chi connectivity index (χ4v) is 3.64. The molecule has 0 aliphatic heterocycles. The van der Waals surface area contributed by atoms with Gasteiger partial charge in [-0.2, -0.15) is 0 Å². The molecule has 154 valence electrons. The van der Waals surface area contributed by atoms with Crippen LogP contribution in [0.3, 0.4) is 0 Å². The second-order valence-corrected chi connectivity index (χ2v) is 7.96. The first-order valence-corrected chi connectivity index (χ1v) is 9.69. The Kier molecular flexibility index (Phi) is 6.52. The number of para-hydroxylation sites is 1. The molecule has 0 saturated carbocycles. The fraction of sp³-hybridized carbons (Fsp3) is 0.304. The van der Waals surface area contributed by atoms with Gasteiger partial charge in [-0.25, -0.2) is 0 Å². The van der Waals surface area contributed by atoms with Crippen molar-refractivity contribution in [1.29, 1.82) is 0 Å². The number of H-pyrrole nitrogens is 2. The standard InChI is InChI=1S/C23H27N3O2.ClH/c1-23(2,12-16-13-25-20-7-4-3-6-18(16)20)26-14-17(27)15-28-22-9-5-8-21-19(22)10-11-24-21;/h3-11,13,17,24-27H,12,14-15H2,1-2H3;1H/t17-;/m0./s1. The summed E-state index contributed by atoms with van der Waals surface area (Å²) in [5.74, 6) is 0.788. The summed E-state index contributed by atoms with van der Waals surface area (Å²) in [7, 11) is 0. The Hall–Kier alpha value is -2.47. The smallest absolute Gasteiger partial charge is 0.128 e. The summed E-state index contributed by atoms with van der Waals surface area (Å²) in [5.41, 5.74) is 3.32. The molecule has 0 radical (unpaired) electrons. The molecule has 0 amide bonds. The van der Waals surface area contributed by atoms with E-state index in [9.17, 15) is 5.11 Å². The zero-order valence-electron chi connectivity index (χ0n) is 16.7. The van der Waals surface area contributed by atoms with Crippen molar-refractivity contribution in [2.24, 2.45) is 0 Å². The first kappa shape index (κ1) is 21.2. The highest BCUT2D eigenvalue weighted by Gasteiger charge is 2.21. The predicted octanol–water partition coefficient (Wildman–Crippen LogP) is 4.42. The second-order valence-electron chi connectivity index (χ2n) is 7.96. The number of β-amino-alcohol motifs (C(OH)–C–C–N with tert-alkyl or cyclic N) is 1. The highest BCUT2D eigenvalue weighted by molar-refractivity contribution is 5.86. The maximum absolute atomic E-state index is 10.4. The lowest BCUT2D eigenvalue weighted by Crippen LogP contribution is -2.46. The van der Waals surface area contributed by atoms with E-state index in [1.165, 1.54) is 10.9 Å². The number of rotatable bonds is 8. The van der Waals surface area contributed by atoms with Gasteiger partial charge in [-0.1, -0.05) is 24.3 Å². The number of fused-ring (bicyclic) bond motifs is 2. The molecular weight excluding hydrogens is 386 g/mol. The van der Waals surface area contributed by atoms with E-state index in [2.05, 4.69) is 53.5 Å². The van der Waals surface area contributed by atoms with E-state index in [1.807, 2.05) is 36.5 Å². The summed E-state index contributed by atoms with van der Waals surface area (Å²) in [6, 6.07) is 16.2. The largest absolute Gasteiger partial charge is 0.490 e. The van der Waals surface area contributed by atoms with Crippen LogP contribution >= 0.6 is 12.4 Å². The summed E-state index contributed by atoms with van der Waals surface area (Å²) in [6.45, 7) is 5.03. The van der Waals surface area contributed by atoms with Crippen molar-refractivity contribution in [3.05, 3.63) is 66.5 Å². The zero-order chi connectivity index (χ0) is 19.6. The van der Waals surface area contributed by atoms with Crippen LogP contribution in [0.15, 0.2) is 60.9 Å². The van der Waals surface area contributed by atoms with Crippen LogP contribution in [0.2, 0.25) is 0 Å². The topological polar surface area (TPSA) is 73.1 Å². The van der Waals surface area contributed by atoms with Crippen molar-refractivity contribution >= 4 is 34.2 Å². The van der Waals surface area contributed by atoms with Crippen LogP contribution in [-0.2, 0) is 6.42 Å². The van der Waals surface area contributed by atoms with Gasteiger partial charge in [0.25, 0.3) is 0 Å². The number of aliphatic hydroxyl groups is 1. The Morgan fingerprint density at radius 1 is 1.00 bits per heavy atom. The van der Waals surface area contributed by atoms with Crippen LogP contribution in [0.25, 0.3) is 21.8 Å². The van der Waals surface area contributed by atoms with Crippen LogP contribution in [0.4, 0.5) is 0 Å². The summed E-state index contributed by atoms with van der Waals surface area (Å²) >= 11 is 0. The molecule has 0 unspecified atom stereocenters. The SMILES string of the molecule is CC(C)(Cc1c[nH]c2ccccc12)NC[C@H](O)COc1cccc2[nH]ccc12.Cl. The maximum atomic E-state index is 10.4. The van der Waals surface area contributed by atoms with Crippen molar-refractivity contribution in [2.75, 3.05) is 13.2 Å². The number of benzene rings is 2. The number of ether oxygens (including phenoxy) is 1. The molecule has 0 aliphatic rings. The second kappa shape index (κ2) is 8.91. The predicted molar refractivity (Wildman–Crippen MR) is 121 cm³/mol. The Balaban J connectivity index is 0.00000240. The lowest BCUT2D eigenvalue weighted by molar-refractivity contribution is 0.0996. The molecule has 0 fully saturated rings. The third-order valence-corrected chi connectivity index (χ3v) is 5.11. The molecular formula is C23H28ClN3O2. The number of halogens is 1. The van der Waals surface area contributed by atoms with Gasteiger partial charge in [-0.3, -0.25) is 0 Å². The first-order valence-electron chi connectivity index (χ1n) is 9.69. The highest BCUT2D eigenvalue weighted by atomic mass is 35.5. The third kappa shape index (κ3) is 4.93. The van der Waals surface area contributed by atoms with Gasteiger partial charge in [0.2, 0.25) is 0 Å². The van der Waals surface area contributed by atoms with Gasteiger partial charge in [-0.15, -0.1) is 12.4 Å². The molecule has 2 aromatic heterocycles. The van der Waals surface area contributed by atoms with Gasteiger partial charge in [0.1, 0.15) is 18.5 Å². The van der Waals surface area contributed by atoms with Gasteiger partial charge in [0.15, 0.2) is 0 Å². The highest BCUT2D eigenvalue weighted by Crippen LogP contribution is 2.25. The van der Waals surface area contributed by atoms with E-state index in [1.54, 1.807) is 0 Å². The number of aromatic nitrogens is 2. The minimum absolute atomic E-state index is 0. The molecule has 0 aliphatic carbocycles. The molecule has 2 heterocycles. The number of nitrogens with one attached hydrogen (secondary N) is 3. The Morgan fingerprint density at radius 2 is 1.76 bits per heavy atom. The van der Waals surface area contributed by atoms with Crippen LogP contribution in [0, 0.1) is 0 Å². The van der Waals surface area contributed by atoms with Gasteiger partial charge in [-0.05, 0) is 50.1 Å². The van der Waals surface area contributed by atoms with E-state index in [0.717, 1.165) is 28.6 Å². The van der Waals surface area contributed by atoms with Crippen LogP contribution < -0.4 is 10.1 Å². The molecule has 2 aromatic carbocycles. The van der Waals surface area contributed by atoms with E-state index in [4.69, 9.17) is 4.74 Å².